The first-order chi connectivity index (χ1) is 11.1. The van der Waals surface area contributed by atoms with E-state index < -0.39 is 6.03 Å². The van der Waals surface area contributed by atoms with Gasteiger partial charge in [0.05, 0.1) is 7.11 Å². The van der Waals surface area contributed by atoms with E-state index in [1.807, 2.05) is 12.1 Å². The smallest absolute Gasteiger partial charge is 0.321 e. The Morgan fingerprint density at radius 3 is 2.48 bits per heavy atom. The molecule has 0 atom stereocenters. The van der Waals surface area contributed by atoms with Crippen LogP contribution in [0, 0.1) is 0 Å². The molecule has 0 spiro atoms. The Morgan fingerprint density at radius 2 is 1.78 bits per heavy atom. The van der Waals surface area contributed by atoms with Crippen molar-refractivity contribution in [3.8, 4) is 11.5 Å². The number of rotatable bonds is 6. The molecule has 2 aromatic carbocycles. The van der Waals surface area contributed by atoms with E-state index in [1.165, 1.54) is 6.92 Å². The number of hydrogen-bond donors (Lipinski definition) is 2. The molecule has 0 saturated carbocycles. The molecular weight excluding hydrogens is 296 g/mol. The molecule has 0 aliphatic heterocycles. The second kappa shape index (κ2) is 7.84. The SMILES string of the molecule is COc1ccccc1OCNC(=O)Nc1cccc(C(C)=O)c1. The Kier molecular flexibility index (Phi) is 5.57. The van der Waals surface area contributed by atoms with Crippen molar-refractivity contribution in [2.75, 3.05) is 19.2 Å². The molecule has 23 heavy (non-hydrogen) atoms. The summed E-state index contributed by atoms with van der Waals surface area (Å²) < 4.78 is 10.6. The molecule has 0 aliphatic carbocycles. The number of nitrogens with one attached hydrogen (secondary N) is 2. The first-order valence-electron chi connectivity index (χ1n) is 7.02. The van der Waals surface area contributed by atoms with Crippen LogP contribution in [0.5, 0.6) is 11.5 Å². The Bertz CT molecular complexity index is 700. The summed E-state index contributed by atoms with van der Waals surface area (Å²) in [4.78, 5) is 23.1. The number of methoxy groups -OCH3 is 1. The number of benzene rings is 2. The number of anilines is 1. The summed E-state index contributed by atoms with van der Waals surface area (Å²) in [5, 5.41) is 5.21. The van der Waals surface area contributed by atoms with E-state index in [1.54, 1.807) is 43.5 Å². The van der Waals surface area contributed by atoms with Crippen molar-refractivity contribution >= 4 is 17.5 Å². The van der Waals surface area contributed by atoms with Gasteiger partial charge >= 0.3 is 6.03 Å². The van der Waals surface area contributed by atoms with Gasteiger partial charge in [-0.2, -0.15) is 0 Å². The van der Waals surface area contributed by atoms with Gasteiger partial charge in [0.15, 0.2) is 24.0 Å². The molecule has 0 aliphatic rings. The highest BCUT2D eigenvalue weighted by molar-refractivity contribution is 5.96. The van der Waals surface area contributed by atoms with Crippen LogP contribution in [0.3, 0.4) is 0 Å². The predicted octanol–water partition coefficient (Wildman–Crippen LogP) is 3.06. The van der Waals surface area contributed by atoms with Crippen LogP contribution in [0.2, 0.25) is 0 Å². The largest absolute Gasteiger partial charge is 0.493 e. The fourth-order valence-corrected chi connectivity index (χ4v) is 1.91. The number of ketones is 1. The summed E-state index contributed by atoms with van der Waals surface area (Å²) in [6.45, 7) is 1.46. The van der Waals surface area contributed by atoms with Crippen LogP contribution in [-0.2, 0) is 0 Å². The van der Waals surface area contributed by atoms with E-state index in [2.05, 4.69) is 10.6 Å². The molecule has 0 unspecified atom stereocenters. The Labute approximate surface area is 134 Å². The quantitative estimate of drug-likeness (QED) is 0.634. The molecular formula is C17H18N2O4. The molecule has 0 heterocycles. The average Bonchev–Trinajstić information content (AvgIpc) is 2.55. The molecule has 2 amide bonds. The van der Waals surface area contributed by atoms with Crippen molar-refractivity contribution < 1.29 is 19.1 Å². The molecule has 2 aromatic rings. The van der Waals surface area contributed by atoms with Crippen molar-refractivity contribution in [3.63, 3.8) is 0 Å². The minimum absolute atomic E-state index is 0.0153. The number of hydrogen-bond acceptors (Lipinski definition) is 4. The lowest BCUT2D eigenvalue weighted by Crippen LogP contribution is -2.32. The summed E-state index contributed by atoms with van der Waals surface area (Å²) in [5.41, 5.74) is 1.07. The van der Waals surface area contributed by atoms with E-state index >= 15 is 0 Å². The van der Waals surface area contributed by atoms with Crippen LogP contribution < -0.4 is 20.1 Å². The van der Waals surface area contributed by atoms with Crippen LogP contribution in [-0.4, -0.2) is 25.7 Å². The minimum Gasteiger partial charge on any atom is -0.493 e. The zero-order valence-electron chi connectivity index (χ0n) is 13.0. The zero-order valence-corrected chi connectivity index (χ0v) is 13.0. The van der Waals surface area contributed by atoms with Crippen molar-refractivity contribution in [2.24, 2.45) is 0 Å². The molecule has 2 rings (SSSR count). The molecule has 0 fully saturated rings. The maximum Gasteiger partial charge on any atom is 0.321 e. The first kappa shape index (κ1) is 16.4. The van der Waals surface area contributed by atoms with Crippen LogP contribution >= 0.6 is 0 Å². The van der Waals surface area contributed by atoms with Crippen LogP contribution in [0.1, 0.15) is 17.3 Å². The highest BCUT2D eigenvalue weighted by atomic mass is 16.5. The van der Waals surface area contributed by atoms with E-state index in [0.717, 1.165) is 0 Å². The number of para-hydroxylation sites is 2. The van der Waals surface area contributed by atoms with Gasteiger partial charge in [0.25, 0.3) is 0 Å². The lowest BCUT2D eigenvalue weighted by atomic mass is 10.1. The van der Waals surface area contributed by atoms with Gasteiger partial charge in [-0.05, 0) is 31.2 Å². The summed E-state index contributed by atoms with van der Waals surface area (Å²) in [7, 11) is 1.55. The Morgan fingerprint density at radius 1 is 1.04 bits per heavy atom. The molecule has 0 bridgehead atoms. The maximum atomic E-state index is 11.8. The van der Waals surface area contributed by atoms with E-state index in [9.17, 15) is 9.59 Å². The highest BCUT2D eigenvalue weighted by Gasteiger charge is 2.06. The van der Waals surface area contributed by atoms with Gasteiger partial charge in [-0.15, -0.1) is 0 Å². The third kappa shape index (κ3) is 4.74. The molecule has 120 valence electrons. The van der Waals surface area contributed by atoms with Crippen LogP contribution in [0.25, 0.3) is 0 Å². The number of ether oxygens (including phenoxy) is 2. The maximum absolute atomic E-state index is 11.8. The third-order valence-electron chi connectivity index (χ3n) is 3.06. The van der Waals surface area contributed by atoms with Gasteiger partial charge in [0, 0.05) is 11.3 Å². The van der Waals surface area contributed by atoms with Crippen molar-refractivity contribution in [3.05, 3.63) is 54.1 Å². The number of urea groups is 1. The second-order valence-electron chi connectivity index (χ2n) is 4.71. The van der Waals surface area contributed by atoms with Crippen molar-refractivity contribution in [2.45, 2.75) is 6.92 Å². The van der Waals surface area contributed by atoms with Crippen molar-refractivity contribution in [1.82, 2.24) is 5.32 Å². The van der Waals surface area contributed by atoms with Gasteiger partial charge in [-0.3, -0.25) is 4.79 Å². The molecule has 0 aromatic heterocycles. The van der Waals surface area contributed by atoms with Gasteiger partial charge < -0.3 is 20.1 Å². The standard InChI is InChI=1S/C17H18N2O4/c1-12(20)13-6-5-7-14(10-13)19-17(21)18-11-23-16-9-4-3-8-15(16)22-2/h3-10H,11H2,1-2H3,(H2,18,19,21). The monoisotopic (exact) mass is 314 g/mol. The zero-order chi connectivity index (χ0) is 16.7. The topological polar surface area (TPSA) is 76.7 Å². The fourth-order valence-electron chi connectivity index (χ4n) is 1.91. The van der Waals surface area contributed by atoms with E-state index in [-0.39, 0.29) is 12.5 Å². The van der Waals surface area contributed by atoms with Crippen LogP contribution in [0.15, 0.2) is 48.5 Å². The summed E-state index contributed by atoms with van der Waals surface area (Å²) in [5.74, 6) is 1.06. The summed E-state index contributed by atoms with van der Waals surface area (Å²) in [6.07, 6.45) is 0. The van der Waals surface area contributed by atoms with Crippen molar-refractivity contribution in [1.29, 1.82) is 0 Å². The average molecular weight is 314 g/mol. The number of Topliss-reactive ketones (excluding diaryl/α,β-unsaturated/α-hetero) is 1. The molecule has 0 radical (unpaired) electrons. The normalized spacial score (nSPS) is 9.83. The molecule has 0 saturated heterocycles. The minimum atomic E-state index is -0.430. The lowest BCUT2D eigenvalue weighted by Gasteiger charge is -2.12. The Hall–Kier alpha value is -3.02. The van der Waals surface area contributed by atoms with Gasteiger partial charge in [-0.1, -0.05) is 24.3 Å². The second-order valence-corrected chi connectivity index (χ2v) is 4.71. The molecule has 6 nitrogen and oxygen atoms in total. The number of amides is 2. The third-order valence-corrected chi connectivity index (χ3v) is 3.06. The lowest BCUT2D eigenvalue weighted by molar-refractivity contribution is 0.101. The van der Waals surface area contributed by atoms with Gasteiger partial charge in [0.2, 0.25) is 0 Å². The van der Waals surface area contributed by atoms with Crippen LogP contribution in [0.4, 0.5) is 10.5 Å². The highest BCUT2D eigenvalue weighted by Crippen LogP contribution is 2.25. The van der Waals surface area contributed by atoms with Gasteiger partial charge in [-0.25, -0.2) is 4.79 Å². The van der Waals surface area contributed by atoms with E-state index in [0.29, 0.717) is 22.7 Å². The summed E-state index contributed by atoms with van der Waals surface area (Å²) in [6, 6.07) is 13.4. The summed E-state index contributed by atoms with van der Waals surface area (Å²) >= 11 is 0. The Balaban J connectivity index is 1.86. The number of carbonyl (C=O) groups excluding carboxylic acids is 2. The predicted molar refractivity (Wildman–Crippen MR) is 87.1 cm³/mol. The van der Waals surface area contributed by atoms with E-state index in [4.69, 9.17) is 9.47 Å². The van der Waals surface area contributed by atoms with Gasteiger partial charge in [0.1, 0.15) is 0 Å². The molecule has 2 N–H and O–H groups in total. The fraction of sp³-hybridized carbons (Fsp3) is 0.176. The first-order valence-corrected chi connectivity index (χ1v) is 7.02. The number of carbonyl (C=O) groups is 2. The molecule has 6 heteroatoms.